The van der Waals surface area contributed by atoms with Gasteiger partial charge in [-0.2, -0.15) is 0 Å². The number of hydrogen-bond acceptors (Lipinski definition) is 6. The Kier molecular flexibility index (Phi) is 4.61. The van der Waals surface area contributed by atoms with Crippen molar-refractivity contribution in [2.75, 3.05) is 12.0 Å². The number of sulfonamides is 1. The van der Waals surface area contributed by atoms with Crippen LogP contribution in [0.25, 0.3) is 0 Å². The Balaban J connectivity index is 1.96. The Morgan fingerprint density at radius 1 is 1.15 bits per heavy atom. The highest BCUT2D eigenvalue weighted by molar-refractivity contribution is 7.89. The lowest BCUT2D eigenvalue weighted by Crippen LogP contribution is -2.26. The summed E-state index contributed by atoms with van der Waals surface area (Å²) in [5.41, 5.74) is 3.36. The second-order valence-electron chi connectivity index (χ2n) is 4.03. The average Bonchev–Trinajstić information content (AvgIpc) is 2.48. The van der Waals surface area contributed by atoms with E-state index in [4.69, 9.17) is 5.84 Å². The third-order valence-electron chi connectivity index (χ3n) is 2.65. The van der Waals surface area contributed by atoms with Crippen molar-refractivity contribution in [1.29, 1.82) is 0 Å². The first-order chi connectivity index (χ1) is 9.62. The molecule has 4 N–H and O–H groups in total. The summed E-state index contributed by atoms with van der Waals surface area (Å²) in [7, 11) is -3.55. The molecule has 0 aliphatic heterocycles. The molecule has 0 fully saturated rings. The van der Waals surface area contributed by atoms with Gasteiger partial charge in [0, 0.05) is 25.1 Å². The van der Waals surface area contributed by atoms with E-state index >= 15 is 0 Å². The lowest BCUT2D eigenvalue weighted by atomic mass is 10.2. The fraction of sp³-hybridized carbons (Fsp3) is 0.167. The number of pyridine rings is 2. The highest BCUT2D eigenvalue weighted by Gasteiger charge is 2.13. The third-order valence-corrected chi connectivity index (χ3v) is 4.10. The molecule has 0 atom stereocenters. The van der Waals surface area contributed by atoms with E-state index in [2.05, 4.69) is 20.1 Å². The highest BCUT2D eigenvalue weighted by atomic mass is 32.2. The van der Waals surface area contributed by atoms with Gasteiger partial charge >= 0.3 is 0 Å². The molecule has 0 aliphatic carbocycles. The molecule has 20 heavy (non-hydrogen) atoms. The first-order valence-corrected chi connectivity index (χ1v) is 7.41. The van der Waals surface area contributed by atoms with Gasteiger partial charge in [-0.15, -0.1) is 0 Å². The van der Waals surface area contributed by atoms with Crippen LogP contribution >= 0.6 is 0 Å². The molecule has 2 heterocycles. The Hall–Kier alpha value is -2.03. The van der Waals surface area contributed by atoms with Gasteiger partial charge in [-0.05, 0) is 36.2 Å². The smallest absolute Gasteiger partial charge is 0.242 e. The molecule has 7 nitrogen and oxygen atoms in total. The van der Waals surface area contributed by atoms with Gasteiger partial charge in [0.05, 0.1) is 0 Å². The van der Waals surface area contributed by atoms with E-state index in [9.17, 15) is 8.42 Å². The van der Waals surface area contributed by atoms with Gasteiger partial charge in [0.15, 0.2) is 0 Å². The molecule has 2 rings (SSSR count). The van der Waals surface area contributed by atoms with Crippen molar-refractivity contribution < 1.29 is 8.42 Å². The van der Waals surface area contributed by atoms with Gasteiger partial charge in [0.1, 0.15) is 10.7 Å². The lowest BCUT2D eigenvalue weighted by Gasteiger charge is -2.07. The normalized spacial score (nSPS) is 11.2. The maximum Gasteiger partial charge on any atom is 0.242 e. The van der Waals surface area contributed by atoms with Crippen LogP contribution < -0.4 is 16.0 Å². The summed E-state index contributed by atoms with van der Waals surface area (Å²) in [6.07, 6.45) is 5.19. The maximum atomic E-state index is 12.0. The molecule has 106 valence electrons. The molecule has 0 aliphatic rings. The van der Waals surface area contributed by atoms with E-state index in [1.165, 1.54) is 18.3 Å². The second-order valence-corrected chi connectivity index (χ2v) is 5.79. The van der Waals surface area contributed by atoms with Gasteiger partial charge in [0.2, 0.25) is 10.0 Å². The number of rotatable bonds is 6. The first kappa shape index (κ1) is 14.4. The topological polar surface area (TPSA) is 110 Å². The van der Waals surface area contributed by atoms with Crippen molar-refractivity contribution in [3.8, 4) is 0 Å². The van der Waals surface area contributed by atoms with Gasteiger partial charge in [-0.3, -0.25) is 4.98 Å². The number of anilines is 1. The predicted molar refractivity (Wildman–Crippen MR) is 75.2 cm³/mol. The summed E-state index contributed by atoms with van der Waals surface area (Å²) >= 11 is 0. The van der Waals surface area contributed by atoms with Crippen molar-refractivity contribution in [2.45, 2.75) is 11.3 Å². The summed E-state index contributed by atoms with van der Waals surface area (Å²) in [5.74, 6) is 5.57. The largest absolute Gasteiger partial charge is 0.308 e. The van der Waals surface area contributed by atoms with E-state index in [0.717, 1.165) is 5.56 Å². The van der Waals surface area contributed by atoms with Crippen molar-refractivity contribution in [3.05, 3.63) is 48.4 Å². The van der Waals surface area contributed by atoms with Gasteiger partial charge < -0.3 is 5.43 Å². The van der Waals surface area contributed by atoms with Crippen molar-refractivity contribution in [1.82, 2.24) is 14.7 Å². The van der Waals surface area contributed by atoms with Crippen LogP contribution in [0.3, 0.4) is 0 Å². The Morgan fingerprint density at radius 2 is 1.90 bits per heavy atom. The van der Waals surface area contributed by atoms with Gasteiger partial charge in [-0.25, -0.2) is 24.0 Å². The summed E-state index contributed by atoms with van der Waals surface area (Å²) in [6.45, 7) is 0.309. The maximum absolute atomic E-state index is 12.0. The monoisotopic (exact) mass is 293 g/mol. The van der Waals surface area contributed by atoms with E-state index < -0.39 is 10.0 Å². The fourth-order valence-electron chi connectivity index (χ4n) is 1.59. The molecule has 0 saturated carbocycles. The third kappa shape index (κ3) is 3.73. The lowest BCUT2D eigenvalue weighted by molar-refractivity contribution is 0.581. The number of nitrogen functional groups attached to an aromatic ring is 1. The van der Waals surface area contributed by atoms with E-state index in [1.54, 1.807) is 12.4 Å². The van der Waals surface area contributed by atoms with E-state index in [-0.39, 0.29) is 4.90 Å². The summed E-state index contributed by atoms with van der Waals surface area (Å²) in [5, 5.41) is 0. The quantitative estimate of drug-likeness (QED) is 0.521. The molecular formula is C12H15N5O2S. The summed E-state index contributed by atoms with van der Waals surface area (Å²) in [6, 6.07) is 6.63. The van der Waals surface area contributed by atoms with Crippen LogP contribution in [-0.2, 0) is 16.4 Å². The van der Waals surface area contributed by atoms with Crippen LogP contribution in [0.15, 0.2) is 47.8 Å². The molecule has 0 unspecified atom stereocenters. The van der Waals surface area contributed by atoms with Crippen LogP contribution in [0.1, 0.15) is 5.56 Å². The number of nitrogens with zero attached hydrogens (tertiary/aromatic N) is 2. The zero-order valence-electron chi connectivity index (χ0n) is 10.7. The van der Waals surface area contributed by atoms with E-state index in [0.29, 0.717) is 18.8 Å². The van der Waals surface area contributed by atoms with Crippen LogP contribution in [0.4, 0.5) is 5.82 Å². The zero-order valence-corrected chi connectivity index (χ0v) is 11.5. The molecule has 0 radical (unpaired) electrons. The van der Waals surface area contributed by atoms with Crippen LogP contribution in [0.5, 0.6) is 0 Å². The number of aromatic nitrogens is 2. The first-order valence-electron chi connectivity index (χ1n) is 5.93. The molecule has 0 amide bonds. The molecule has 0 spiro atoms. The number of hydrogen-bond donors (Lipinski definition) is 3. The molecule has 2 aromatic heterocycles. The van der Waals surface area contributed by atoms with Gasteiger partial charge in [0.25, 0.3) is 0 Å². The Morgan fingerprint density at radius 3 is 2.50 bits per heavy atom. The molecular weight excluding hydrogens is 278 g/mol. The highest BCUT2D eigenvalue weighted by Crippen LogP contribution is 2.09. The molecule has 2 aromatic rings. The molecule has 0 aromatic carbocycles. The second kappa shape index (κ2) is 6.42. The minimum Gasteiger partial charge on any atom is -0.308 e. The minimum absolute atomic E-state index is 0.103. The average molecular weight is 293 g/mol. The number of nitrogens with two attached hydrogens (primary N) is 1. The Labute approximate surface area is 117 Å². The summed E-state index contributed by atoms with van der Waals surface area (Å²) < 4.78 is 26.5. The standard InChI is InChI=1S/C12H15N5O2S/c13-17-12-2-1-11(9-15-12)20(18,19)16-8-5-10-3-6-14-7-4-10/h1-4,6-7,9,16H,5,8,13H2,(H,15,17). The number of nitrogens with one attached hydrogen (secondary N) is 2. The molecule has 0 saturated heterocycles. The SMILES string of the molecule is NNc1ccc(S(=O)(=O)NCCc2ccncc2)cn1. The van der Waals surface area contributed by atoms with Crippen LogP contribution in [0, 0.1) is 0 Å². The summed E-state index contributed by atoms with van der Waals surface area (Å²) in [4.78, 5) is 7.87. The minimum atomic E-state index is -3.55. The van der Waals surface area contributed by atoms with Crippen molar-refractivity contribution >= 4 is 15.8 Å². The van der Waals surface area contributed by atoms with Gasteiger partial charge in [-0.1, -0.05) is 0 Å². The van der Waals surface area contributed by atoms with Crippen molar-refractivity contribution in [2.24, 2.45) is 5.84 Å². The van der Waals surface area contributed by atoms with Crippen molar-refractivity contribution in [3.63, 3.8) is 0 Å². The van der Waals surface area contributed by atoms with Crippen LogP contribution in [-0.4, -0.2) is 24.9 Å². The number of hydrazine groups is 1. The molecule has 8 heteroatoms. The predicted octanol–water partition coefficient (Wildman–Crippen LogP) is 0.283. The molecule has 0 bridgehead atoms. The zero-order chi connectivity index (χ0) is 14.4. The fourth-order valence-corrected chi connectivity index (χ4v) is 2.56. The van der Waals surface area contributed by atoms with E-state index in [1.807, 2.05) is 12.1 Å². The Bertz CT molecular complexity index is 643. The van der Waals surface area contributed by atoms with Crippen LogP contribution in [0.2, 0.25) is 0 Å².